The topological polar surface area (TPSA) is 27.7 Å². The molecule has 0 aliphatic heterocycles. The maximum Gasteiger partial charge on any atom is 0.791 e. The van der Waals surface area contributed by atoms with E-state index in [1.54, 1.807) is 0 Å². The molecule has 5 heteroatoms. The molecule has 1 unspecified atom stereocenters. The number of para-hydroxylation sites is 2. The van der Waals surface area contributed by atoms with E-state index in [1.807, 2.05) is 66.7 Å². The highest BCUT2D eigenvalue weighted by molar-refractivity contribution is 7.69. The first-order valence-electron chi connectivity index (χ1n) is 17.7. The predicted octanol–water partition coefficient (Wildman–Crippen LogP) is 11.9. The highest BCUT2D eigenvalue weighted by Crippen LogP contribution is 2.50. The van der Waals surface area contributed by atoms with E-state index in [0.717, 1.165) is 55.1 Å². The van der Waals surface area contributed by atoms with Crippen LogP contribution in [0.2, 0.25) is 0 Å². The van der Waals surface area contributed by atoms with E-state index in [-0.39, 0.29) is 0 Å². The third-order valence-corrected chi connectivity index (χ3v) is 10.9. The Labute approximate surface area is 313 Å². The quantitative estimate of drug-likeness (QED) is 0.0937. The fourth-order valence-electron chi connectivity index (χ4n) is 6.56. The van der Waals surface area contributed by atoms with Gasteiger partial charge < -0.3 is 13.7 Å². The average Bonchev–Trinajstić information content (AvgIpc) is 3.24. The Morgan fingerprint density at radius 1 is 0.340 bits per heavy atom. The molecule has 0 N–H and O–H groups in total. The van der Waals surface area contributed by atoms with Crippen molar-refractivity contribution in [1.82, 2.24) is 0 Å². The van der Waals surface area contributed by atoms with Gasteiger partial charge in [0, 0.05) is 16.2 Å². The summed E-state index contributed by atoms with van der Waals surface area (Å²) in [5.41, 5.74) is 8.97. The highest BCUT2D eigenvalue weighted by Gasteiger charge is 2.36. The van der Waals surface area contributed by atoms with Crippen molar-refractivity contribution in [2.75, 3.05) is 0 Å². The molecule has 0 amide bonds. The SMILES string of the molecule is c1ccc(OB(Oc2ccccc2)OP(c2ccccc2)c2cc(-c3ccccc3)c(-c3ccccc3)c(-c3ccccc3)c2-c2ccccc2)cc1. The molecule has 8 aromatic carbocycles. The summed E-state index contributed by atoms with van der Waals surface area (Å²) in [5.74, 6) is 1.29. The zero-order chi connectivity index (χ0) is 35.7. The first kappa shape index (κ1) is 33.9. The van der Waals surface area contributed by atoms with Crippen molar-refractivity contribution in [3.63, 3.8) is 0 Å². The molecule has 254 valence electrons. The standard InChI is InChI=1S/C48H36BO3P/c1-8-22-37(23-9-1)44-36-45(47(39-26-12-3-13-27-39)48(40-28-14-4-15-29-40)46(44)38-24-10-2-11-25-38)53(43-34-20-7-21-35-43)52-49(50-41-30-16-5-17-31-41)51-42-32-18-6-19-33-42/h1-36H. The summed E-state index contributed by atoms with van der Waals surface area (Å²) in [6.45, 7) is 0. The second kappa shape index (κ2) is 16.4. The van der Waals surface area contributed by atoms with Crippen LogP contribution in [0, 0.1) is 0 Å². The van der Waals surface area contributed by atoms with E-state index in [2.05, 4.69) is 152 Å². The summed E-state index contributed by atoms with van der Waals surface area (Å²) < 4.78 is 20.3. The van der Waals surface area contributed by atoms with E-state index in [9.17, 15) is 0 Å². The number of hydrogen-bond donors (Lipinski definition) is 0. The molecule has 3 nitrogen and oxygen atoms in total. The van der Waals surface area contributed by atoms with Crippen molar-refractivity contribution < 1.29 is 13.7 Å². The van der Waals surface area contributed by atoms with Gasteiger partial charge in [0.05, 0.1) is 8.15 Å². The second-order valence-electron chi connectivity index (χ2n) is 12.4. The Bertz CT molecular complexity index is 2300. The molecular weight excluding hydrogens is 666 g/mol. The van der Waals surface area contributed by atoms with E-state index in [0.29, 0.717) is 11.5 Å². The van der Waals surface area contributed by atoms with Gasteiger partial charge in [-0.1, -0.05) is 188 Å². The van der Waals surface area contributed by atoms with Crippen LogP contribution in [0.25, 0.3) is 44.5 Å². The van der Waals surface area contributed by atoms with Gasteiger partial charge in [-0.25, -0.2) is 0 Å². The van der Waals surface area contributed by atoms with Crippen LogP contribution in [-0.4, -0.2) is 7.32 Å². The van der Waals surface area contributed by atoms with Gasteiger partial charge in [0.1, 0.15) is 11.5 Å². The van der Waals surface area contributed by atoms with Crippen LogP contribution in [0.5, 0.6) is 11.5 Å². The second-order valence-corrected chi connectivity index (χ2v) is 14.2. The Morgan fingerprint density at radius 3 is 1.15 bits per heavy atom. The smallest absolute Gasteiger partial charge is 0.501 e. The molecule has 0 fully saturated rings. The zero-order valence-electron chi connectivity index (χ0n) is 29.0. The molecule has 0 heterocycles. The molecule has 8 aromatic rings. The lowest BCUT2D eigenvalue weighted by Gasteiger charge is -2.29. The molecule has 1 atom stereocenters. The summed E-state index contributed by atoms with van der Waals surface area (Å²) in [6, 6.07) is 74.9. The van der Waals surface area contributed by atoms with Crippen LogP contribution >= 0.6 is 8.15 Å². The highest BCUT2D eigenvalue weighted by atomic mass is 31.1. The molecule has 0 saturated heterocycles. The summed E-state index contributed by atoms with van der Waals surface area (Å²) in [7, 11) is -2.64. The van der Waals surface area contributed by atoms with Crippen molar-refractivity contribution in [3.05, 3.63) is 218 Å². The molecule has 53 heavy (non-hydrogen) atoms. The minimum Gasteiger partial charge on any atom is -0.501 e. The van der Waals surface area contributed by atoms with Crippen LogP contribution in [0.3, 0.4) is 0 Å². The fraction of sp³-hybridized carbons (Fsp3) is 0. The Morgan fingerprint density at radius 2 is 0.698 bits per heavy atom. The third-order valence-electron chi connectivity index (χ3n) is 8.93. The van der Waals surface area contributed by atoms with Gasteiger partial charge in [0.2, 0.25) is 0 Å². The minimum atomic E-state index is -1.57. The number of hydrogen-bond acceptors (Lipinski definition) is 3. The molecule has 0 radical (unpaired) electrons. The van der Waals surface area contributed by atoms with Gasteiger partial charge in [0.15, 0.2) is 0 Å². The normalized spacial score (nSPS) is 11.4. The van der Waals surface area contributed by atoms with Crippen molar-refractivity contribution in [3.8, 4) is 56.0 Å². The number of rotatable bonds is 12. The van der Waals surface area contributed by atoms with Gasteiger partial charge >= 0.3 is 7.32 Å². The van der Waals surface area contributed by atoms with Crippen LogP contribution in [0.15, 0.2) is 218 Å². The van der Waals surface area contributed by atoms with Gasteiger partial charge in [-0.3, -0.25) is 0 Å². The number of benzene rings is 8. The van der Waals surface area contributed by atoms with Gasteiger partial charge in [0.25, 0.3) is 0 Å². The predicted molar refractivity (Wildman–Crippen MR) is 222 cm³/mol. The fourth-order valence-corrected chi connectivity index (χ4v) is 8.47. The van der Waals surface area contributed by atoms with E-state index in [1.165, 1.54) is 0 Å². The average molecular weight is 703 g/mol. The van der Waals surface area contributed by atoms with Crippen LogP contribution in [0.4, 0.5) is 0 Å². The van der Waals surface area contributed by atoms with Gasteiger partial charge in [-0.05, 0) is 69.3 Å². The van der Waals surface area contributed by atoms with Crippen molar-refractivity contribution in [2.24, 2.45) is 0 Å². The minimum absolute atomic E-state index is 0.647. The maximum atomic E-state index is 7.24. The largest absolute Gasteiger partial charge is 0.791 e. The molecule has 0 aliphatic carbocycles. The van der Waals surface area contributed by atoms with Gasteiger partial charge in [-0.15, -0.1) is 0 Å². The first-order valence-corrected chi connectivity index (χ1v) is 19.0. The molecule has 8 rings (SSSR count). The van der Waals surface area contributed by atoms with Crippen molar-refractivity contribution in [1.29, 1.82) is 0 Å². The third kappa shape index (κ3) is 7.86. The van der Waals surface area contributed by atoms with E-state index < -0.39 is 15.5 Å². The Balaban J connectivity index is 1.44. The van der Waals surface area contributed by atoms with E-state index >= 15 is 0 Å². The molecule has 0 aromatic heterocycles. The Kier molecular flexibility index (Phi) is 10.5. The molecular formula is C48H36BO3P. The molecule has 0 aliphatic rings. The monoisotopic (exact) mass is 702 g/mol. The lowest BCUT2D eigenvalue weighted by molar-refractivity contribution is 0.323. The molecule has 0 spiro atoms. The molecule has 0 bridgehead atoms. The van der Waals surface area contributed by atoms with E-state index in [4.69, 9.17) is 13.7 Å². The molecule has 0 saturated carbocycles. The summed E-state index contributed by atoms with van der Waals surface area (Å²) in [5, 5.41) is 2.08. The maximum absolute atomic E-state index is 7.24. The zero-order valence-corrected chi connectivity index (χ0v) is 29.9. The summed E-state index contributed by atoms with van der Waals surface area (Å²) >= 11 is 0. The van der Waals surface area contributed by atoms with Crippen LogP contribution in [-0.2, 0) is 4.44 Å². The lowest BCUT2D eigenvalue weighted by Crippen LogP contribution is -2.35. The van der Waals surface area contributed by atoms with Crippen LogP contribution < -0.4 is 19.9 Å². The van der Waals surface area contributed by atoms with Crippen LogP contribution in [0.1, 0.15) is 0 Å². The summed E-state index contributed by atoms with van der Waals surface area (Å²) in [6.07, 6.45) is 0. The van der Waals surface area contributed by atoms with Crippen molar-refractivity contribution in [2.45, 2.75) is 0 Å². The van der Waals surface area contributed by atoms with Crippen molar-refractivity contribution >= 4 is 26.1 Å². The Hall–Kier alpha value is -6.19. The first-order chi connectivity index (χ1) is 26.3. The summed E-state index contributed by atoms with van der Waals surface area (Å²) in [4.78, 5) is 0. The van der Waals surface area contributed by atoms with Gasteiger partial charge in [-0.2, -0.15) is 0 Å². The lowest BCUT2D eigenvalue weighted by atomic mass is 9.83.